The summed E-state index contributed by atoms with van der Waals surface area (Å²) in [5.41, 5.74) is 0. The van der Waals surface area contributed by atoms with Crippen LogP contribution >= 0.6 is 11.3 Å². The highest BCUT2D eigenvalue weighted by Crippen LogP contribution is 2.29. The van der Waals surface area contributed by atoms with E-state index in [1.165, 1.54) is 11.3 Å². The summed E-state index contributed by atoms with van der Waals surface area (Å²) in [6.07, 6.45) is 3.08. The molecule has 0 amide bonds. The van der Waals surface area contributed by atoms with Crippen molar-refractivity contribution in [3.8, 4) is 0 Å². The molecule has 0 radical (unpaired) electrons. The number of rotatable bonds is 5. The molecule has 1 saturated heterocycles. The predicted molar refractivity (Wildman–Crippen MR) is 88.0 cm³/mol. The Morgan fingerprint density at radius 2 is 2.14 bits per heavy atom. The molecule has 1 aliphatic heterocycles. The van der Waals surface area contributed by atoms with Crippen LogP contribution < -0.4 is 5.32 Å². The highest BCUT2D eigenvalue weighted by atomic mass is 32.2. The quantitative estimate of drug-likeness (QED) is 0.903. The topological polar surface area (TPSA) is 49.4 Å². The highest BCUT2D eigenvalue weighted by Gasteiger charge is 2.29. The largest absolute Gasteiger partial charge is 0.315 e. The molecule has 2 heterocycles. The van der Waals surface area contributed by atoms with Crippen LogP contribution in [0.5, 0.6) is 0 Å². The fraction of sp³-hybridized carbons (Fsp3) is 0.733. The van der Waals surface area contributed by atoms with Gasteiger partial charge in [-0.15, -0.1) is 11.3 Å². The van der Waals surface area contributed by atoms with Crippen molar-refractivity contribution in [2.45, 2.75) is 44.6 Å². The fourth-order valence-corrected chi connectivity index (χ4v) is 5.68. The molecule has 120 valence electrons. The van der Waals surface area contributed by atoms with Gasteiger partial charge in [-0.1, -0.05) is 13.8 Å². The monoisotopic (exact) mass is 330 g/mol. The van der Waals surface area contributed by atoms with E-state index in [2.05, 4.69) is 19.2 Å². The maximum Gasteiger partial charge on any atom is 0.243 e. The van der Waals surface area contributed by atoms with Gasteiger partial charge in [-0.25, -0.2) is 8.42 Å². The SMILES string of the molecule is CNCc1cc(S(=O)(=O)N2CCCC(C(C)C)CC2)cs1. The molecule has 1 aromatic heterocycles. The minimum absolute atomic E-state index is 0.459. The third-order valence-corrected chi connectivity index (χ3v) is 7.26. The van der Waals surface area contributed by atoms with E-state index in [9.17, 15) is 8.42 Å². The Bertz CT molecular complexity index is 552. The second-order valence-corrected chi connectivity index (χ2v) is 9.05. The fourth-order valence-electron chi connectivity index (χ4n) is 2.91. The van der Waals surface area contributed by atoms with E-state index < -0.39 is 10.0 Å². The van der Waals surface area contributed by atoms with Crippen molar-refractivity contribution in [2.75, 3.05) is 20.1 Å². The van der Waals surface area contributed by atoms with Gasteiger partial charge in [0.15, 0.2) is 0 Å². The van der Waals surface area contributed by atoms with Gasteiger partial charge >= 0.3 is 0 Å². The molecule has 6 heteroatoms. The molecule has 0 bridgehead atoms. The number of hydrogen-bond donors (Lipinski definition) is 1. The average Bonchev–Trinajstić information content (AvgIpc) is 2.75. The molecule has 1 atom stereocenters. The summed E-state index contributed by atoms with van der Waals surface area (Å²) in [6.45, 7) is 6.50. The van der Waals surface area contributed by atoms with Gasteiger partial charge in [0.1, 0.15) is 0 Å². The van der Waals surface area contributed by atoms with Crippen LogP contribution in [-0.4, -0.2) is 32.9 Å². The molecule has 4 nitrogen and oxygen atoms in total. The Morgan fingerprint density at radius 1 is 1.38 bits per heavy atom. The standard InChI is InChI=1S/C15H26N2O2S2/c1-12(2)13-5-4-7-17(8-6-13)21(18,19)15-9-14(10-16-3)20-11-15/h9,11-13,16H,4-8,10H2,1-3H3. The lowest BCUT2D eigenvalue weighted by Gasteiger charge is -2.20. The Labute approximate surface area is 132 Å². The molecule has 21 heavy (non-hydrogen) atoms. The van der Waals surface area contributed by atoms with E-state index in [1.807, 2.05) is 7.05 Å². The lowest BCUT2D eigenvalue weighted by molar-refractivity contribution is 0.341. The van der Waals surface area contributed by atoms with Crippen molar-refractivity contribution in [1.82, 2.24) is 9.62 Å². The first-order valence-corrected chi connectivity index (χ1v) is 9.99. The van der Waals surface area contributed by atoms with Gasteiger partial charge in [-0.3, -0.25) is 0 Å². The molecular formula is C15H26N2O2S2. The van der Waals surface area contributed by atoms with E-state index in [0.717, 1.165) is 30.7 Å². The first-order valence-electron chi connectivity index (χ1n) is 7.67. The van der Waals surface area contributed by atoms with Crippen molar-refractivity contribution in [3.63, 3.8) is 0 Å². The molecule has 0 aliphatic carbocycles. The molecule has 0 aromatic carbocycles. The van der Waals surface area contributed by atoms with Gasteiger partial charge < -0.3 is 5.32 Å². The Morgan fingerprint density at radius 3 is 2.81 bits per heavy atom. The van der Waals surface area contributed by atoms with Crippen molar-refractivity contribution in [2.24, 2.45) is 11.8 Å². The van der Waals surface area contributed by atoms with Crippen LogP contribution in [0.4, 0.5) is 0 Å². The second kappa shape index (κ2) is 7.22. The van der Waals surface area contributed by atoms with E-state index in [0.29, 0.717) is 29.8 Å². The van der Waals surface area contributed by atoms with Gasteiger partial charge in [-0.2, -0.15) is 4.31 Å². The third kappa shape index (κ3) is 4.06. The van der Waals surface area contributed by atoms with Gasteiger partial charge in [0, 0.05) is 29.9 Å². The zero-order chi connectivity index (χ0) is 15.5. The zero-order valence-electron chi connectivity index (χ0n) is 13.1. The van der Waals surface area contributed by atoms with Crippen LogP contribution in [0.2, 0.25) is 0 Å². The van der Waals surface area contributed by atoms with Crippen molar-refractivity contribution in [3.05, 3.63) is 16.3 Å². The maximum absolute atomic E-state index is 12.7. The highest BCUT2D eigenvalue weighted by molar-refractivity contribution is 7.89. The molecule has 1 fully saturated rings. The van der Waals surface area contributed by atoms with E-state index in [-0.39, 0.29) is 0 Å². The summed E-state index contributed by atoms with van der Waals surface area (Å²) >= 11 is 1.51. The van der Waals surface area contributed by atoms with Crippen LogP contribution in [0.15, 0.2) is 16.3 Å². The number of sulfonamides is 1. The minimum Gasteiger partial charge on any atom is -0.315 e. The lowest BCUT2D eigenvalue weighted by atomic mass is 9.89. The van der Waals surface area contributed by atoms with Crippen LogP contribution in [0.3, 0.4) is 0 Å². The van der Waals surface area contributed by atoms with Crippen LogP contribution in [0.25, 0.3) is 0 Å². The van der Waals surface area contributed by atoms with Crippen molar-refractivity contribution >= 4 is 21.4 Å². The predicted octanol–water partition coefficient (Wildman–Crippen LogP) is 2.91. The Kier molecular flexibility index (Phi) is 5.82. The van der Waals surface area contributed by atoms with Gasteiger partial charge in [0.25, 0.3) is 0 Å². The van der Waals surface area contributed by atoms with Gasteiger partial charge in [0.05, 0.1) is 4.90 Å². The Balaban J connectivity index is 2.11. The van der Waals surface area contributed by atoms with E-state index in [4.69, 9.17) is 0 Å². The summed E-state index contributed by atoms with van der Waals surface area (Å²) in [7, 11) is -1.45. The maximum atomic E-state index is 12.7. The molecule has 0 saturated carbocycles. The minimum atomic E-state index is -3.32. The van der Waals surface area contributed by atoms with E-state index >= 15 is 0 Å². The molecule has 1 aliphatic rings. The summed E-state index contributed by atoms with van der Waals surface area (Å²) in [5, 5.41) is 4.83. The third-order valence-electron chi connectivity index (χ3n) is 4.29. The summed E-state index contributed by atoms with van der Waals surface area (Å²) in [6, 6.07) is 1.81. The van der Waals surface area contributed by atoms with Gasteiger partial charge in [-0.05, 0) is 44.2 Å². The smallest absolute Gasteiger partial charge is 0.243 e. The molecule has 1 unspecified atom stereocenters. The summed E-state index contributed by atoms with van der Waals surface area (Å²) in [5.74, 6) is 1.28. The summed E-state index contributed by atoms with van der Waals surface area (Å²) < 4.78 is 27.2. The number of nitrogens with zero attached hydrogens (tertiary/aromatic N) is 1. The van der Waals surface area contributed by atoms with Crippen molar-refractivity contribution in [1.29, 1.82) is 0 Å². The number of thiophene rings is 1. The van der Waals surface area contributed by atoms with Gasteiger partial charge in [0.2, 0.25) is 10.0 Å². The molecule has 0 spiro atoms. The van der Waals surface area contributed by atoms with Crippen LogP contribution in [0.1, 0.15) is 38.0 Å². The average molecular weight is 331 g/mol. The summed E-state index contributed by atoms with van der Waals surface area (Å²) in [4.78, 5) is 1.52. The first kappa shape index (κ1) is 16.9. The van der Waals surface area contributed by atoms with Crippen molar-refractivity contribution < 1.29 is 8.42 Å². The second-order valence-electron chi connectivity index (χ2n) is 6.12. The molecule has 1 N–H and O–H groups in total. The molecular weight excluding hydrogens is 304 g/mol. The first-order chi connectivity index (χ1) is 9.95. The normalized spacial score (nSPS) is 21.6. The lowest BCUT2D eigenvalue weighted by Crippen LogP contribution is -2.32. The molecule has 1 aromatic rings. The molecule has 2 rings (SSSR count). The van der Waals surface area contributed by atoms with Crippen LogP contribution in [-0.2, 0) is 16.6 Å². The number of hydrogen-bond acceptors (Lipinski definition) is 4. The zero-order valence-corrected chi connectivity index (χ0v) is 14.8. The van der Waals surface area contributed by atoms with Crippen LogP contribution in [0, 0.1) is 11.8 Å². The number of nitrogens with one attached hydrogen (secondary N) is 1. The van der Waals surface area contributed by atoms with E-state index in [1.54, 1.807) is 15.8 Å². The Hall–Kier alpha value is -0.430.